The highest BCUT2D eigenvalue weighted by Gasteiger charge is 2.32. The maximum atomic E-state index is 14.8. The molecule has 11 nitrogen and oxygen atoms in total. The van der Waals surface area contributed by atoms with Gasteiger partial charge >= 0.3 is 6.18 Å². The molecule has 0 radical (unpaired) electrons. The highest BCUT2D eigenvalue weighted by molar-refractivity contribution is 5.96. The Labute approximate surface area is 244 Å². The van der Waals surface area contributed by atoms with E-state index in [4.69, 9.17) is 4.52 Å². The second kappa shape index (κ2) is 11.6. The zero-order valence-electron chi connectivity index (χ0n) is 23.8. The number of amides is 1. The van der Waals surface area contributed by atoms with Crippen LogP contribution in [0.25, 0.3) is 22.4 Å². The molecule has 3 aromatic heterocycles. The number of aromatic nitrogens is 5. The van der Waals surface area contributed by atoms with Crippen LogP contribution in [0.15, 0.2) is 41.2 Å². The van der Waals surface area contributed by atoms with Gasteiger partial charge < -0.3 is 29.5 Å². The average molecular weight is 604 g/mol. The molecule has 1 amide bonds. The van der Waals surface area contributed by atoms with Gasteiger partial charge in [0, 0.05) is 36.9 Å². The molecule has 2 aliphatic heterocycles. The lowest BCUT2D eigenvalue weighted by Crippen LogP contribution is -2.46. The van der Waals surface area contributed by atoms with Gasteiger partial charge in [-0.25, -0.2) is 4.39 Å². The summed E-state index contributed by atoms with van der Waals surface area (Å²) in [6.45, 7) is 1.39. The number of nitrogens with zero attached hydrogens (tertiary/aromatic N) is 7. The van der Waals surface area contributed by atoms with Crippen LogP contribution in [0.4, 0.5) is 23.2 Å². The van der Waals surface area contributed by atoms with E-state index in [9.17, 15) is 22.4 Å². The summed E-state index contributed by atoms with van der Waals surface area (Å²) in [7, 11) is 3.88. The second-order valence-electron chi connectivity index (χ2n) is 11.4. The molecule has 230 valence electrons. The third kappa shape index (κ3) is 6.37. The second-order valence-corrected chi connectivity index (χ2v) is 11.4. The van der Waals surface area contributed by atoms with Crippen LogP contribution in [0.5, 0.6) is 0 Å². The highest BCUT2D eigenvalue weighted by Crippen LogP contribution is 2.35. The molecule has 1 aromatic carbocycles. The van der Waals surface area contributed by atoms with Crippen LogP contribution < -0.4 is 10.6 Å². The molecule has 3 atom stereocenters. The molecule has 4 aromatic rings. The number of fused-ring (bicyclic) bond motifs is 1. The molecule has 5 heterocycles. The summed E-state index contributed by atoms with van der Waals surface area (Å²) in [5, 5.41) is 14.6. The Morgan fingerprint density at radius 2 is 1.93 bits per heavy atom. The number of carbonyl (C=O) groups excluding carboxylic acids is 1. The van der Waals surface area contributed by atoms with Crippen molar-refractivity contribution in [1.82, 2.24) is 39.6 Å². The third-order valence-corrected chi connectivity index (χ3v) is 8.07. The number of nitrogens with one attached hydrogen (secondary N) is 2. The van der Waals surface area contributed by atoms with Crippen molar-refractivity contribution < 1.29 is 26.9 Å². The summed E-state index contributed by atoms with van der Waals surface area (Å²) in [5.41, 5.74) is 1.29. The molecular weight excluding hydrogens is 570 g/mol. The first-order valence-electron chi connectivity index (χ1n) is 14.2. The first-order valence-corrected chi connectivity index (χ1v) is 14.2. The highest BCUT2D eigenvalue weighted by atomic mass is 19.4. The van der Waals surface area contributed by atoms with E-state index in [0.29, 0.717) is 35.1 Å². The van der Waals surface area contributed by atoms with Crippen LogP contribution in [0, 0.1) is 0 Å². The Morgan fingerprint density at radius 1 is 1.14 bits per heavy atom. The van der Waals surface area contributed by atoms with Gasteiger partial charge in [0.25, 0.3) is 5.91 Å². The number of anilines is 1. The van der Waals surface area contributed by atoms with Gasteiger partial charge in [-0.05, 0) is 51.7 Å². The van der Waals surface area contributed by atoms with Crippen molar-refractivity contribution in [3.63, 3.8) is 0 Å². The molecule has 0 saturated carbocycles. The quantitative estimate of drug-likeness (QED) is 0.294. The van der Waals surface area contributed by atoms with E-state index in [0.717, 1.165) is 24.1 Å². The minimum atomic E-state index is -4.53. The van der Waals surface area contributed by atoms with E-state index in [1.54, 1.807) is 35.1 Å². The number of carbonyl (C=O) groups is 1. The van der Waals surface area contributed by atoms with Crippen LogP contribution in [0.1, 0.15) is 35.1 Å². The number of likely N-dealkylation sites (N-methyl/N-ethyl adjacent to an activating group) is 1. The van der Waals surface area contributed by atoms with Crippen molar-refractivity contribution in [3.05, 3.63) is 48.1 Å². The Hall–Kier alpha value is -3.98. The first kappa shape index (κ1) is 29.1. The van der Waals surface area contributed by atoms with Gasteiger partial charge in [-0.2, -0.15) is 23.3 Å². The summed E-state index contributed by atoms with van der Waals surface area (Å²) in [5.74, 6) is -0.419. The zero-order chi connectivity index (χ0) is 30.3. The van der Waals surface area contributed by atoms with Crippen LogP contribution in [-0.2, 0) is 13.1 Å². The molecule has 0 spiro atoms. The maximum Gasteiger partial charge on any atom is 0.406 e. The fourth-order valence-corrected chi connectivity index (χ4v) is 5.84. The summed E-state index contributed by atoms with van der Waals surface area (Å²) in [6, 6.07) is 6.21. The maximum absolute atomic E-state index is 14.8. The van der Waals surface area contributed by atoms with Crippen molar-refractivity contribution in [2.45, 2.75) is 50.4 Å². The standard InChI is InChI=1S/C28H33F4N9O2/c1-38-8-6-18(14-38)41-13-17(11-34-41)27(42)33-12-25-36-26(37-43-25)24-10-19-21(35-22-7-9-39(2)15-20(22)29)4-3-5-23(19)40(24)16-28(30,31)32/h3-5,10-11,13,18,20,22,35H,6-9,12,14-16H2,1-2H3,(H,33,42)/t18?,20-,22+/m0/s1. The van der Waals surface area contributed by atoms with Crippen LogP contribution in [0.2, 0.25) is 0 Å². The van der Waals surface area contributed by atoms with Gasteiger partial charge in [0.1, 0.15) is 12.7 Å². The predicted octanol–water partition coefficient (Wildman–Crippen LogP) is 3.71. The molecular formula is C28H33F4N9O2. The fourth-order valence-electron chi connectivity index (χ4n) is 5.84. The topological polar surface area (TPSA) is 109 Å². The normalized spacial score (nSPS) is 22.0. The first-order chi connectivity index (χ1) is 20.5. The number of alkyl halides is 4. The molecule has 15 heteroatoms. The number of benzene rings is 1. The monoisotopic (exact) mass is 603 g/mol. The largest absolute Gasteiger partial charge is 0.406 e. The summed E-state index contributed by atoms with van der Waals surface area (Å²) >= 11 is 0. The molecule has 2 N–H and O–H groups in total. The van der Waals surface area contributed by atoms with Crippen LogP contribution in [-0.4, -0.2) is 98.9 Å². The smallest absolute Gasteiger partial charge is 0.379 e. The van der Waals surface area contributed by atoms with Gasteiger partial charge in [-0.3, -0.25) is 9.48 Å². The molecule has 2 aliphatic rings. The fraction of sp³-hybridized carbons (Fsp3) is 0.500. The van der Waals surface area contributed by atoms with Gasteiger partial charge in [0.15, 0.2) is 0 Å². The van der Waals surface area contributed by atoms with Crippen molar-refractivity contribution in [3.8, 4) is 11.5 Å². The Kier molecular flexibility index (Phi) is 7.85. The lowest BCUT2D eigenvalue weighted by molar-refractivity contribution is -0.139. The summed E-state index contributed by atoms with van der Waals surface area (Å²) < 4.78 is 64.0. The van der Waals surface area contributed by atoms with Crippen molar-refractivity contribution >= 4 is 22.5 Å². The van der Waals surface area contributed by atoms with Gasteiger partial charge in [0.2, 0.25) is 11.7 Å². The number of piperidine rings is 1. The van der Waals surface area contributed by atoms with Crippen LogP contribution >= 0.6 is 0 Å². The lowest BCUT2D eigenvalue weighted by atomic mass is 10.0. The summed E-state index contributed by atoms with van der Waals surface area (Å²) in [4.78, 5) is 21.1. The molecule has 0 aliphatic carbocycles. The number of hydrogen-bond donors (Lipinski definition) is 2. The molecule has 0 bridgehead atoms. The van der Waals surface area contributed by atoms with E-state index in [1.165, 1.54) is 6.20 Å². The number of halogens is 4. The van der Waals surface area contributed by atoms with E-state index >= 15 is 0 Å². The van der Waals surface area contributed by atoms with Crippen molar-refractivity contribution in [2.24, 2.45) is 0 Å². The van der Waals surface area contributed by atoms with E-state index in [-0.39, 0.29) is 42.4 Å². The van der Waals surface area contributed by atoms with Gasteiger partial charge in [-0.15, -0.1) is 0 Å². The van der Waals surface area contributed by atoms with Crippen LogP contribution in [0.3, 0.4) is 0 Å². The third-order valence-electron chi connectivity index (χ3n) is 8.07. The number of rotatable bonds is 8. The summed E-state index contributed by atoms with van der Waals surface area (Å²) in [6.07, 6.45) is -0.967. The Bertz CT molecular complexity index is 1600. The molecule has 1 unspecified atom stereocenters. The molecule has 2 fully saturated rings. The number of likely N-dealkylation sites (tertiary alicyclic amines) is 2. The average Bonchev–Trinajstić information content (AvgIpc) is 3.75. The molecule has 2 saturated heterocycles. The molecule has 6 rings (SSSR count). The van der Waals surface area contributed by atoms with Gasteiger partial charge in [-0.1, -0.05) is 11.2 Å². The van der Waals surface area contributed by atoms with Crippen molar-refractivity contribution in [2.75, 3.05) is 45.6 Å². The van der Waals surface area contributed by atoms with Crippen molar-refractivity contribution in [1.29, 1.82) is 0 Å². The minimum Gasteiger partial charge on any atom is -0.379 e. The zero-order valence-corrected chi connectivity index (χ0v) is 23.8. The molecule has 43 heavy (non-hydrogen) atoms. The van der Waals surface area contributed by atoms with E-state index in [1.807, 2.05) is 19.0 Å². The minimum absolute atomic E-state index is 0.0296. The Morgan fingerprint density at radius 3 is 2.67 bits per heavy atom. The Balaban J connectivity index is 1.21. The number of hydrogen-bond acceptors (Lipinski definition) is 8. The predicted molar refractivity (Wildman–Crippen MR) is 150 cm³/mol. The SMILES string of the molecule is CN1CCC(n2cc(C(=O)NCc3nc(-c4cc5c(N[C@@H]6CCN(C)C[C@@H]6F)cccc5n4CC(F)(F)F)no3)cn2)C1. The van der Waals surface area contributed by atoms with E-state index < -0.39 is 24.9 Å². The van der Waals surface area contributed by atoms with E-state index in [2.05, 4.69) is 30.8 Å². The van der Waals surface area contributed by atoms with Gasteiger partial charge in [0.05, 0.1) is 41.6 Å². The lowest BCUT2D eigenvalue weighted by Gasteiger charge is -2.33.